The molecule has 0 fully saturated rings. The average molecular weight is 420 g/mol. The fourth-order valence-electron chi connectivity index (χ4n) is 4.02. The molecule has 4 rings (SSSR count). The molecule has 0 aliphatic carbocycles. The van der Waals surface area contributed by atoms with E-state index in [9.17, 15) is 9.59 Å². The fourth-order valence-corrected chi connectivity index (χ4v) is 5.31. The Kier molecular flexibility index (Phi) is 5.70. The number of primary amides is 1. The zero-order chi connectivity index (χ0) is 21.3. The number of amides is 2. The molecule has 0 radical (unpaired) electrons. The molecule has 1 aliphatic rings. The zero-order valence-corrected chi connectivity index (χ0v) is 18.0. The Labute approximate surface area is 180 Å². The Bertz CT molecular complexity index is 1110. The molecule has 2 heterocycles. The van der Waals surface area contributed by atoms with Gasteiger partial charge < -0.3 is 11.1 Å². The van der Waals surface area contributed by atoms with Crippen molar-refractivity contribution in [2.24, 2.45) is 5.73 Å². The first-order valence-corrected chi connectivity index (χ1v) is 10.8. The summed E-state index contributed by atoms with van der Waals surface area (Å²) < 4.78 is 0. The first-order valence-electron chi connectivity index (χ1n) is 10.0. The Morgan fingerprint density at radius 1 is 1.13 bits per heavy atom. The Balaban J connectivity index is 1.58. The number of anilines is 1. The molecule has 2 aromatic carbocycles. The van der Waals surface area contributed by atoms with Gasteiger partial charge in [0, 0.05) is 30.1 Å². The van der Waals surface area contributed by atoms with Gasteiger partial charge in [0.15, 0.2) is 0 Å². The van der Waals surface area contributed by atoms with Crippen molar-refractivity contribution in [3.8, 4) is 0 Å². The number of rotatable bonds is 5. The van der Waals surface area contributed by atoms with Gasteiger partial charge in [0.05, 0.1) is 5.56 Å². The van der Waals surface area contributed by atoms with E-state index < -0.39 is 5.91 Å². The summed E-state index contributed by atoms with van der Waals surface area (Å²) in [6.45, 7) is 6.36. The van der Waals surface area contributed by atoms with Crippen molar-refractivity contribution in [2.45, 2.75) is 33.4 Å². The second-order valence-corrected chi connectivity index (χ2v) is 8.90. The van der Waals surface area contributed by atoms with Crippen LogP contribution in [0.2, 0.25) is 0 Å². The number of carbonyl (C=O) groups excluding carboxylic acids is 2. The summed E-state index contributed by atoms with van der Waals surface area (Å²) in [6.07, 6.45) is 0.746. The maximum absolute atomic E-state index is 12.9. The smallest absolute Gasteiger partial charge is 0.256 e. The van der Waals surface area contributed by atoms with Gasteiger partial charge in [0.1, 0.15) is 5.00 Å². The second kappa shape index (κ2) is 8.42. The molecular weight excluding hydrogens is 394 g/mol. The molecule has 0 saturated carbocycles. The number of thiophene rings is 1. The van der Waals surface area contributed by atoms with E-state index >= 15 is 0 Å². The molecule has 6 heteroatoms. The van der Waals surface area contributed by atoms with Crippen molar-refractivity contribution in [1.29, 1.82) is 0 Å². The predicted octanol–water partition coefficient (Wildman–Crippen LogP) is 4.27. The first kappa shape index (κ1) is 20.3. The monoisotopic (exact) mass is 419 g/mol. The van der Waals surface area contributed by atoms with Gasteiger partial charge in [-0.25, -0.2) is 0 Å². The Hall–Kier alpha value is -2.96. The number of hydrogen-bond acceptors (Lipinski definition) is 4. The minimum atomic E-state index is -0.486. The zero-order valence-electron chi connectivity index (χ0n) is 17.2. The van der Waals surface area contributed by atoms with E-state index in [-0.39, 0.29) is 5.91 Å². The predicted molar refractivity (Wildman–Crippen MR) is 121 cm³/mol. The van der Waals surface area contributed by atoms with Crippen LogP contribution in [0.25, 0.3) is 0 Å². The molecule has 3 aromatic rings. The van der Waals surface area contributed by atoms with Crippen LogP contribution in [0.5, 0.6) is 0 Å². The molecule has 0 bridgehead atoms. The number of nitrogens with zero attached hydrogens (tertiary/aromatic N) is 1. The molecule has 0 saturated heterocycles. The largest absolute Gasteiger partial charge is 0.365 e. The number of fused-ring (bicyclic) bond motifs is 1. The highest BCUT2D eigenvalue weighted by Gasteiger charge is 2.28. The lowest BCUT2D eigenvalue weighted by atomic mass is 10.0. The van der Waals surface area contributed by atoms with Crippen LogP contribution in [0.3, 0.4) is 0 Å². The van der Waals surface area contributed by atoms with Crippen LogP contribution in [0.15, 0.2) is 48.5 Å². The summed E-state index contributed by atoms with van der Waals surface area (Å²) in [5.41, 5.74) is 11.0. The molecule has 1 aliphatic heterocycles. The normalized spacial score (nSPS) is 13.7. The van der Waals surface area contributed by atoms with Crippen molar-refractivity contribution in [1.82, 2.24) is 4.90 Å². The van der Waals surface area contributed by atoms with Crippen molar-refractivity contribution in [2.75, 3.05) is 11.9 Å². The lowest BCUT2D eigenvalue weighted by Gasteiger charge is -2.27. The number of hydrogen-bond donors (Lipinski definition) is 2. The van der Waals surface area contributed by atoms with E-state index in [1.807, 2.05) is 50.2 Å². The van der Waals surface area contributed by atoms with Gasteiger partial charge in [0.25, 0.3) is 11.8 Å². The van der Waals surface area contributed by atoms with Crippen LogP contribution in [0.4, 0.5) is 5.00 Å². The summed E-state index contributed by atoms with van der Waals surface area (Å²) in [5, 5.41) is 3.51. The van der Waals surface area contributed by atoms with Crippen LogP contribution in [0, 0.1) is 13.8 Å². The van der Waals surface area contributed by atoms with E-state index in [4.69, 9.17) is 5.73 Å². The van der Waals surface area contributed by atoms with Crippen molar-refractivity contribution in [3.05, 3.63) is 86.8 Å². The van der Waals surface area contributed by atoms with Gasteiger partial charge in [-0.15, -0.1) is 11.3 Å². The summed E-state index contributed by atoms with van der Waals surface area (Å²) in [7, 11) is 0. The maximum atomic E-state index is 12.9. The van der Waals surface area contributed by atoms with Crippen LogP contribution >= 0.6 is 11.3 Å². The lowest BCUT2D eigenvalue weighted by molar-refractivity contribution is 0.0999. The van der Waals surface area contributed by atoms with Crippen molar-refractivity contribution >= 4 is 28.2 Å². The first-order chi connectivity index (χ1) is 14.4. The number of nitrogens with one attached hydrogen (secondary N) is 1. The molecule has 0 spiro atoms. The number of benzene rings is 2. The highest BCUT2D eigenvalue weighted by molar-refractivity contribution is 7.17. The van der Waals surface area contributed by atoms with Crippen molar-refractivity contribution in [3.63, 3.8) is 0 Å². The molecule has 5 nitrogen and oxygen atoms in total. The molecule has 1 aromatic heterocycles. The van der Waals surface area contributed by atoms with Gasteiger partial charge in [-0.3, -0.25) is 14.5 Å². The van der Waals surface area contributed by atoms with Crippen LogP contribution in [-0.2, 0) is 19.5 Å². The van der Waals surface area contributed by atoms with E-state index in [1.165, 1.54) is 16.9 Å². The third-order valence-electron chi connectivity index (χ3n) is 5.48. The third kappa shape index (κ3) is 4.15. The Morgan fingerprint density at radius 3 is 2.60 bits per heavy atom. The van der Waals surface area contributed by atoms with Gasteiger partial charge in [-0.2, -0.15) is 0 Å². The quantitative estimate of drug-likeness (QED) is 0.648. The van der Waals surface area contributed by atoms with Crippen molar-refractivity contribution < 1.29 is 9.59 Å². The number of nitrogens with two attached hydrogens (primary N) is 1. The molecule has 0 unspecified atom stereocenters. The minimum Gasteiger partial charge on any atom is -0.365 e. The van der Waals surface area contributed by atoms with Crippen LogP contribution in [-0.4, -0.2) is 23.3 Å². The summed E-state index contributed by atoms with van der Waals surface area (Å²) in [6, 6.07) is 16.1. The van der Waals surface area contributed by atoms with E-state index in [2.05, 4.69) is 22.3 Å². The van der Waals surface area contributed by atoms with E-state index in [0.29, 0.717) is 16.1 Å². The summed E-state index contributed by atoms with van der Waals surface area (Å²) in [5.74, 6) is -0.699. The molecular formula is C24H25N3O2S. The lowest BCUT2D eigenvalue weighted by Crippen LogP contribution is -2.30. The van der Waals surface area contributed by atoms with E-state index in [0.717, 1.165) is 47.6 Å². The number of carbonyl (C=O) groups is 2. The molecule has 2 amide bonds. The molecule has 0 atom stereocenters. The SMILES string of the molecule is Cc1ccc(C(=O)Nc2sc3c(c2C(N)=O)CCN(Cc2ccccc2)C3)c(C)c1. The van der Waals surface area contributed by atoms with Crippen LogP contribution < -0.4 is 11.1 Å². The maximum Gasteiger partial charge on any atom is 0.256 e. The highest BCUT2D eigenvalue weighted by atomic mass is 32.1. The summed E-state index contributed by atoms with van der Waals surface area (Å²) in [4.78, 5) is 28.5. The Morgan fingerprint density at radius 2 is 1.90 bits per heavy atom. The molecule has 3 N–H and O–H groups in total. The average Bonchev–Trinajstić information content (AvgIpc) is 3.05. The number of aryl methyl sites for hydroxylation is 2. The topological polar surface area (TPSA) is 75.4 Å². The summed E-state index contributed by atoms with van der Waals surface area (Å²) >= 11 is 1.46. The molecule has 30 heavy (non-hydrogen) atoms. The standard InChI is InChI=1S/C24H25N3O2S/c1-15-8-9-18(16(2)12-15)23(29)26-24-21(22(25)28)19-10-11-27(14-20(19)30-24)13-17-6-4-3-5-7-17/h3-9,12H,10-11,13-14H2,1-2H3,(H2,25,28)(H,26,29). The van der Waals surface area contributed by atoms with Gasteiger partial charge >= 0.3 is 0 Å². The highest BCUT2D eigenvalue weighted by Crippen LogP contribution is 2.37. The minimum absolute atomic E-state index is 0.213. The van der Waals surface area contributed by atoms with Gasteiger partial charge in [-0.1, -0.05) is 48.0 Å². The van der Waals surface area contributed by atoms with Gasteiger partial charge in [0.2, 0.25) is 0 Å². The second-order valence-electron chi connectivity index (χ2n) is 7.79. The van der Waals surface area contributed by atoms with E-state index in [1.54, 1.807) is 0 Å². The van der Waals surface area contributed by atoms with Crippen LogP contribution in [0.1, 0.15) is 47.8 Å². The third-order valence-corrected chi connectivity index (χ3v) is 6.62. The fraction of sp³-hybridized carbons (Fsp3) is 0.250. The molecule has 154 valence electrons. The van der Waals surface area contributed by atoms with Gasteiger partial charge in [-0.05, 0) is 43.0 Å².